The summed E-state index contributed by atoms with van der Waals surface area (Å²) < 4.78 is 39.1. The lowest BCUT2D eigenvalue weighted by Gasteiger charge is -2.24. The Kier molecular flexibility index (Phi) is 9.66. The maximum Gasteiger partial charge on any atom is 0.307 e. The minimum absolute atomic E-state index is 0.215. The maximum absolute atomic E-state index is 12.5. The van der Waals surface area contributed by atoms with Gasteiger partial charge < -0.3 is 20.4 Å². The predicted molar refractivity (Wildman–Crippen MR) is 114 cm³/mol. The number of nitrogens with zero attached hydrogens (tertiary/aromatic N) is 1. The fourth-order valence-corrected chi connectivity index (χ4v) is 5.57. The molecule has 1 rings (SSSR count). The zero-order valence-electron chi connectivity index (χ0n) is 17.6. The smallest absolute Gasteiger partial charge is 0.307 e. The molecule has 16 heteroatoms. The third-order valence-electron chi connectivity index (χ3n) is 4.46. The first-order valence-corrected chi connectivity index (χ1v) is 12.9. The molecule has 33 heavy (non-hydrogen) atoms. The standard InChI is InChI=1S/C17H24N3O11PS/c1-10(19-33(30,31)9-12-3-5-14(6-4-12)20(26)27)16(23)18-11(2)32(28,29)8-13(17(24)25)7-15(21)22/h3-6,10-11,13,19H,7-9H2,1-2H3,(H,18,23)(H,21,22)(H,24,25)(H,28,29)/t10-,11+,13-/m1/s1. The molecule has 14 nitrogen and oxygen atoms in total. The van der Waals surface area contributed by atoms with Crippen LogP contribution in [0.3, 0.4) is 0 Å². The highest BCUT2D eigenvalue weighted by molar-refractivity contribution is 7.88. The van der Waals surface area contributed by atoms with E-state index in [0.29, 0.717) is 0 Å². The number of hydrogen-bond donors (Lipinski definition) is 5. The van der Waals surface area contributed by atoms with E-state index in [-0.39, 0.29) is 11.3 Å². The van der Waals surface area contributed by atoms with Crippen LogP contribution in [0.2, 0.25) is 0 Å². The van der Waals surface area contributed by atoms with Crippen LogP contribution < -0.4 is 10.0 Å². The molecule has 4 atom stereocenters. The summed E-state index contributed by atoms with van der Waals surface area (Å²) in [6.45, 7) is 2.28. The lowest BCUT2D eigenvalue weighted by molar-refractivity contribution is -0.384. The monoisotopic (exact) mass is 509 g/mol. The van der Waals surface area contributed by atoms with Crippen LogP contribution >= 0.6 is 7.37 Å². The summed E-state index contributed by atoms with van der Waals surface area (Å²) in [6.07, 6.45) is -1.80. The first kappa shape index (κ1) is 28.2. The molecule has 0 bridgehead atoms. The fourth-order valence-electron chi connectivity index (χ4n) is 2.64. The van der Waals surface area contributed by atoms with Gasteiger partial charge in [-0.3, -0.25) is 29.1 Å². The molecule has 1 aromatic carbocycles. The second-order valence-electron chi connectivity index (χ2n) is 7.28. The molecule has 0 aliphatic carbocycles. The molecule has 1 aromatic rings. The van der Waals surface area contributed by atoms with Crippen LogP contribution in [0.4, 0.5) is 5.69 Å². The fraction of sp³-hybridized carbons (Fsp3) is 0.471. The summed E-state index contributed by atoms with van der Waals surface area (Å²) in [4.78, 5) is 54.3. The first-order valence-electron chi connectivity index (χ1n) is 9.34. The summed E-state index contributed by atoms with van der Waals surface area (Å²) in [6, 6.07) is 3.33. The van der Waals surface area contributed by atoms with Gasteiger partial charge in [-0.25, -0.2) is 13.1 Å². The molecule has 1 amide bonds. The molecular weight excluding hydrogens is 485 g/mol. The number of nitrogens with one attached hydrogen (secondary N) is 2. The Morgan fingerprint density at radius 2 is 1.70 bits per heavy atom. The van der Waals surface area contributed by atoms with Gasteiger partial charge in [0.25, 0.3) is 5.69 Å². The zero-order chi connectivity index (χ0) is 25.6. The van der Waals surface area contributed by atoms with Crippen LogP contribution in [-0.4, -0.2) is 64.3 Å². The first-order chi connectivity index (χ1) is 15.0. The molecule has 0 aromatic heterocycles. The van der Waals surface area contributed by atoms with E-state index in [1.54, 1.807) is 0 Å². The Morgan fingerprint density at radius 1 is 1.15 bits per heavy atom. The van der Waals surface area contributed by atoms with Crippen molar-refractivity contribution < 1.29 is 47.4 Å². The number of sulfonamides is 1. The second kappa shape index (κ2) is 11.3. The summed E-state index contributed by atoms with van der Waals surface area (Å²) in [5, 5.41) is 30.6. The highest BCUT2D eigenvalue weighted by atomic mass is 32.2. The molecule has 0 heterocycles. The van der Waals surface area contributed by atoms with Crippen LogP contribution in [0, 0.1) is 16.0 Å². The number of benzene rings is 1. The van der Waals surface area contributed by atoms with E-state index >= 15 is 0 Å². The Balaban J connectivity index is 2.77. The molecule has 0 saturated carbocycles. The predicted octanol–water partition coefficient (Wildman–Crippen LogP) is 0.311. The van der Waals surface area contributed by atoms with Gasteiger partial charge >= 0.3 is 11.9 Å². The highest BCUT2D eigenvalue weighted by Gasteiger charge is 2.36. The average molecular weight is 509 g/mol. The number of rotatable bonds is 13. The van der Waals surface area contributed by atoms with Gasteiger partial charge in [0, 0.05) is 18.3 Å². The summed E-state index contributed by atoms with van der Waals surface area (Å²) in [7, 11) is -8.45. The SMILES string of the molecule is C[C@@H](NS(=O)(=O)Cc1ccc([N+](=O)[O-])cc1)C(=O)N[C@H](C)P(=O)(O)C[C@@H](CC(=O)O)C(=O)O. The number of nitro benzene ring substituents is 1. The number of carbonyl (C=O) groups is 3. The third kappa shape index (κ3) is 9.26. The molecule has 1 unspecified atom stereocenters. The topological polar surface area (TPSA) is 230 Å². The Hall–Kier alpha value is -2.87. The molecule has 5 N–H and O–H groups in total. The van der Waals surface area contributed by atoms with E-state index in [1.807, 2.05) is 0 Å². The third-order valence-corrected chi connectivity index (χ3v) is 8.19. The number of non-ortho nitro benzene ring substituents is 1. The van der Waals surface area contributed by atoms with Gasteiger partial charge in [0.1, 0.15) is 5.78 Å². The van der Waals surface area contributed by atoms with E-state index < -0.39 is 76.2 Å². The normalized spacial score (nSPS) is 16.1. The van der Waals surface area contributed by atoms with Crippen LogP contribution in [0.15, 0.2) is 24.3 Å². The minimum Gasteiger partial charge on any atom is -0.481 e. The Bertz CT molecular complexity index is 1060. The van der Waals surface area contributed by atoms with Crippen LogP contribution in [0.5, 0.6) is 0 Å². The molecule has 0 saturated heterocycles. The van der Waals surface area contributed by atoms with Crippen molar-refractivity contribution in [3.05, 3.63) is 39.9 Å². The molecular formula is C17H24N3O11PS. The summed E-state index contributed by atoms with van der Waals surface area (Å²) in [5.41, 5.74) is -0.0140. The number of hydrogen-bond acceptors (Lipinski definition) is 8. The van der Waals surface area contributed by atoms with Gasteiger partial charge in [0.2, 0.25) is 23.3 Å². The molecule has 0 aliphatic heterocycles. The second-order valence-corrected chi connectivity index (χ2v) is 11.7. The van der Waals surface area contributed by atoms with Crippen molar-refractivity contribution in [3.8, 4) is 0 Å². The van der Waals surface area contributed by atoms with Crippen LogP contribution in [-0.2, 0) is 34.7 Å². The number of carboxylic acids is 2. The van der Waals surface area contributed by atoms with E-state index in [2.05, 4.69) is 10.0 Å². The lowest BCUT2D eigenvalue weighted by atomic mass is 10.1. The Labute approximate surface area is 188 Å². The lowest BCUT2D eigenvalue weighted by Crippen LogP contribution is -2.47. The van der Waals surface area contributed by atoms with Gasteiger partial charge in [-0.2, -0.15) is 0 Å². The number of aliphatic carboxylic acids is 2. The molecule has 0 aliphatic rings. The minimum atomic E-state index is -4.37. The van der Waals surface area contributed by atoms with Crippen molar-refractivity contribution in [2.45, 2.75) is 37.8 Å². The van der Waals surface area contributed by atoms with Gasteiger partial charge in [0.15, 0.2) is 0 Å². The van der Waals surface area contributed by atoms with Gasteiger partial charge in [0.05, 0.1) is 29.1 Å². The van der Waals surface area contributed by atoms with Crippen LogP contribution in [0.25, 0.3) is 0 Å². The van der Waals surface area contributed by atoms with Gasteiger partial charge in [-0.1, -0.05) is 12.1 Å². The number of carbonyl (C=O) groups excluding carboxylic acids is 1. The maximum atomic E-state index is 12.5. The molecule has 0 radical (unpaired) electrons. The highest BCUT2D eigenvalue weighted by Crippen LogP contribution is 2.47. The quantitative estimate of drug-likeness (QED) is 0.138. The zero-order valence-corrected chi connectivity index (χ0v) is 19.3. The number of nitro groups is 1. The van der Waals surface area contributed by atoms with E-state index in [9.17, 15) is 42.4 Å². The van der Waals surface area contributed by atoms with E-state index in [1.165, 1.54) is 19.1 Å². The van der Waals surface area contributed by atoms with Gasteiger partial charge in [-0.15, -0.1) is 0 Å². The molecule has 184 valence electrons. The summed E-state index contributed by atoms with van der Waals surface area (Å²) in [5.74, 6) is -7.77. The molecule has 0 spiro atoms. The van der Waals surface area contributed by atoms with Crippen molar-refractivity contribution in [2.24, 2.45) is 5.92 Å². The van der Waals surface area contributed by atoms with Crippen molar-refractivity contribution >= 4 is 40.9 Å². The van der Waals surface area contributed by atoms with Crippen molar-refractivity contribution in [3.63, 3.8) is 0 Å². The molecule has 0 fully saturated rings. The van der Waals surface area contributed by atoms with Crippen molar-refractivity contribution in [2.75, 3.05) is 6.16 Å². The Morgan fingerprint density at radius 3 is 2.15 bits per heavy atom. The van der Waals surface area contributed by atoms with Crippen LogP contribution in [0.1, 0.15) is 25.8 Å². The van der Waals surface area contributed by atoms with Crippen molar-refractivity contribution in [1.82, 2.24) is 10.0 Å². The number of amides is 1. The summed E-state index contributed by atoms with van der Waals surface area (Å²) >= 11 is 0. The number of carboxylic acid groups (broad SMARTS) is 2. The van der Waals surface area contributed by atoms with E-state index in [0.717, 1.165) is 19.1 Å². The van der Waals surface area contributed by atoms with Gasteiger partial charge in [-0.05, 0) is 19.4 Å². The average Bonchev–Trinajstić information content (AvgIpc) is 2.66. The largest absolute Gasteiger partial charge is 0.481 e. The van der Waals surface area contributed by atoms with Crippen molar-refractivity contribution in [1.29, 1.82) is 0 Å². The van der Waals surface area contributed by atoms with E-state index in [4.69, 9.17) is 10.2 Å².